The minimum atomic E-state index is -0.197. The van der Waals surface area contributed by atoms with Crippen LogP contribution in [0.5, 0.6) is 5.75 Å². The minimum Gasteiger partial charge on any atom is -0.497 e. The van der Waals surface area contributed by atoms with Gasteiger partial charge in [0.05, 0.1) is 12.7 Å². The molecule has 0 saturated carbocycles. The van der Waals surface area contributed by atoms with Crippen LogP contribution < -0.4 is 10.1 Å². The summed E-state index contributed by atoms with van der Waals surface area (Å²) in [5.41, 5.74) is 2.22. The smallest absolute Gasteiger partial charge is 0.118 e. The van der Waals surface area contributed by atoms with E-state index >= 15 is 0 Å². The van der Waals surface area contributed by atoms with Crippen molar-refractivity contribution in [1.29, 1.82) is 0 Å². The van der Waals surface area contributed by atoms with Gasteiger partial charge in [-0.25, -0.2) is 0 Å². The highest BCUT2D eigenvalue weighted by atomic mass is 16.5. The van der Waals surface area contributed by atoms with Crippen LogP contribution in [0.25, 0.3) is 0 Å². The first kappa shape index (κ1) is 20.8. The topological polar surface area (TPSA) is 50.7 Å². The Morgan fingerprint density at radius 3 is 2.43 bits per heavy atom. The molecule has 4 nitrogen and oxygen atoms in total. The zero-order chi connectivity index (χ0) is 20.0. The lowest BCUT2D eigenvalue weighted by atomic mass is 9.62. The van der Waals surface area contributed by atoms with Crippen LogP contribution >= 0.6 is 0 Å². The van der Waals surface area contributed by atoms with Gasteiger partial charge in [0.1, 0.15) is 5.75 Å². The third kappa shape index (κ3) is 4.75. The van der Waals surface area contributed by atoms with Crippen molar-refractivity contribution in [2.75, 3.05) is 26.9 Å². The second-order valence-corrected chi connectivity index (χ2v) is 8.42. The molecule has 2 aromatic carbocycles. The van der Waals surface area contributed by atoms with Crippen molar-refractivity contribution in [3.8, 4) is 5.75 Å². The molecule has 0 amide bonds. The highest BCUT2D eigenvalue weighted by Crippen LogP contribution is 2.46. The lowest BCUT2D eigenvalue weighted by molar-refractivity contribution is -0.0991. The number of aliphatic hydroxyl groups excluding tert-OH is 1. The molecular weight excluding hydrogens is 350 g/mol. The maximum atomic E-state index is 10.3. The highest BCUT2D eigenvalue weighted by Gasteiger charge is 2.46. The van der Waals surface area contributed by atoms with Crippen LogP contribution in [-0.4, -0.2) is 37.6 Å². The fraction of sp³-hybridized carbons (Fsp3) is 0.500. The van der Waals surface area contributed by atoms with E-state index in [-0.39, 0.29) is 23.5 Å². The number of hydrogen-bond acceptors (Lipinski definition) is 4. The fourth-order valence-electron chi connectivity index (χ4n) is 4.58. The van der Waals surface area contributed by atoms with Crippen molar-refractivity contribution in [3.63, 3.8) is 0 Å². The summed E-state index contributed by atoms with van der Waals surface area (Å²) in [6.45, 7) is 6.71. The molecule has 0 radical (unpaired) electrons. The van der Waals surface area contributed by atoms with Crippen molar-refractivity contribution in [3.05, 3.63) is 65.7 Å². The van der Waals surface area contributed by atoms with E-state index in [0.29, 0.717) is 0 Å². The van der Waals surface area contributed by atoms with Crippen molar-refractivity contribution >= 4 is 0 Å². The number of methoxy groups -OCH3 is 1. The zero-order valence-electron chi connectivity index (χ0n) is 17.3. The van der Waals surface area contributed by atoms with Gasteiger partial charge in [0.15, 0.2) is 0 Å². The SMILES string of the molecule is COc1ccc(CNC[C@H](CO)[C@]2(c3ccccc3)CCOC(C)(C)C2)cc1. The molecule has 28 heavy (non-hydrogen) atoms. The quantitative estimate of drug-likeness (QED) is 0.725. The summed E-state index contributed by atoms with van der Waals surface area (Å²) < 4.78 is 11.2. The summed E-state index contributed by atoms with van der Waals surface area (Å²) in [6.07, 6.45) is 1.83. The molecule has 1 aliphatic heterocycles. The molecule has 4 heteroatoms. The molecule has 152 valence electrons. The van der Waals surface area contributed by atoms with E-state index in [0.717, 1.165) is 38.3 Å². The van der Waals surface area contributed by atoms with Gasteiger partial charge in [0.2, 0.25) is 0 Å². The standard InChI is InChI=1S/C24H33NO3/c1-23(2)18-24(13-14-28-23,20-7-5-4-6-8-20)21(17-26)16-25-15-19-9-11-22(27-3)12-10-19/h4-12,21,25-26H,13-18H2,1-3H3/t21-,24-/m1/s1. The summed E-state index contributed by atoms with van der Waals surface area (Å²) in [6, 6.07) is 18.8. The molecule has 0 aliphatic carbocycles. The Hall–Kier alpha value is -1.88. The number of nitrogens with one attached hydrogen (secondary N) is 1. The first-order chi connectivity index (χ1) is 13.5. The number of benzene rings is 2. The van der Waals surface area contributed by atoms with Gasteiger partial charge in [-0.2, -0.15) is 0 Å². The normalized spacial score (nSPS) is 22.6. The average Bonchev–Trinajstić information content (AvgIpc) is 2.71. The maximum absolute atomic E-state index is 10.3. The first-order valence-corrected chi connectivity index (χ1v) is 10.1. The molecule has 1 fully saturated rings. The van der Waals surface area contributed by atoms with Crippen molar-refractivity contribution < 1.29 is 14.6 Å². The van der Waals surface area contributed by atoms with Crippen LogP contribution in [0.4, 0.5) is 0 Å². The Morgan fingerprint density at radius 2 is 1.82 bits per heavy atom. The van der Waals surface area contributed by atoms with Gasteiger partial charge in [-0.15, -0.1) is 0 Å². The predicted octanol–water partition coefficient (Wildman–Crippen LogP) is 3.92. The summed E-state index contributed by atoms with van der Waals surface area (Å²) in [4.78, 5) is 0. The lowest BCUT2D eigenvalue weighted by Crippen LogP contribution is -2.51. The molecule has 0 unspecified atom stereocenters. The number of hydrogen-bond donors (Lipinski definition) is 2. The highest BCUT2D eigenvalue weighted by molar-refractivity contribution is 5.29. The Kier molecular flexibility index (Phi) is 6.76. The Labute approximate surface area is 168 Å². The van der Waals surface area contributed by atoms with E-state index in [1.807, 2.05) is 12.1 Å². The van der Waals surface area contributed by atoms with Gasteiger partial charge in [0.25, 0.3) is 0 Å². The molecule has 2 N–H and O–H groups in total. The van der Waals surface area contributed by atoms with E-state index in [9.17, 15) is 5.11 Å². The summed E-state index contributed by atoms with van der Waals surface area (Å²) in [5, 5.41) is 13.9. The summed E-state index contributed by atoms with van der Waals surface area (Å²) in [5.74, 6) is 0.987. The predicted molar refractivity (Wildman–Crippen MR) is 113 cm³/mol. The first-order valence-electron chi connectivity index (χ1n) is 10.1. The van der Waals surface area contributed by atoms with Crippen LogP contribution in [0.1, 0.15) is 37.8 Å². The van der Waals surface area contributed by atoms with Crippen LogP contribution in [0.2, 0.25) is 0 Å². The van der Waals surface area contributed by atoms with Gasteiger partial charge in [-0.3, -0.25) is 0 Å². The minimum absolute atomic E-state index is 0.0926. The average molecular weight is 384 g/mol. The van der Waals surface area contributed by atoms with Gasteiger partial charge in [0, 0.05) is 37.6 Å². The summed E-state index contributed by atoms with van der Waals surface area (Å²) >= 11 is 0. The largest absolute Gasteiger partial charge is 0.497 e. The lowest BCUT2D eigenvalue weighted by Gasteiger charge is -2.49. The molecule has 0 aromatic heterocycles. The number of aliphatic hydroxyl groups is 1. The van der Waals surface area contributed by atoms with Crippen LogP contribution in [0, 0.1) is 5.92 Å². The molecule has 2 atom stereocenters. The van der Waals surface area contributed by atoms with E-state index in [1.165, 1.54) is 11.1 Å². The molecule has 0 bridgehead atoms. The number of ether oxygens (including phenoxy) is 2. The maximum Gasteiger partial charge on any atom is 0.118 e. The zero-order valence-corrected chi connectivity index (χ0v) is 17.3. The Balaban J connectivity index is 1.75. The Morgan fingerprint density at radius 1 is 1.11 bits per heavy atom. The molecule has 2 aromatic rings. The molecule has 1 saturated heterocycles. The van der Waals surface area contributed by atoms with Gasteiger partial charge in [-0.05, 0) is 49.9 Å². The van der Waals surface area contributed by atoms with Crippen molar-refractivity contribution in [1.82, 2.24) is 5.32 Å². The number of rotatable bonds is 8. The van der Waals surface area contributed by atoms with Gasteiger partial charge >= 0.3 is 0 Å². The molecule has 1 heterocycles. The third-order valence-corrected chi connectivity index (χ3v) is 6.01. The fourth-order valence-corrected chi connectivity index (χ4v) is 4.58. The van der Waals surface area contributed by atoms with E-state index in [1.54, 1.807) is 7.11 Å². The van der Waals surface area contributed by atoms with Crippen LogP contribution in [-0.2, 0) is 16.7 Å². The van der Waals surface area contributed by atoms with E-state index in [4.69, 9.17) is 9.47 Å². The molecule has 1 aliphatic rings. The van der Waals surface area contributed by atoms with E-state index < -0.39 is 0 Å². The molecule has 0 spiro atoms. The Bertz CT molecular complexity index is 729. The second-order valence-electron chi connectivity index (χ2n) is 8.42. The third-order valence-electron chi connectivity index (χ3n) is 6.01. The van der Waals surface area contributed by atoms with Crippen LogP contribution in [0.3, 0.4) is 0 Å². The van der Waals surface area contributed by atoms with Crippen molar-refractivity contribution in [2.45, 2.75) is 44.2 Å². The van der Waals surface area contributed by atoms with Crippen molar-refractivity contribution in [2.24, 2.45) is 5.92 Å². The molecular formula is C24H33NO3. The molecule has 3 rings (SSSR count). The second kappa shape index (κ2) is 9.08. The van der Waals surface area contributed by atoms with Crippen LogP contribution in [0.15, 0.2) is 54.6 Å². The van der Waals surface area contributed by atoms with Gasteiger partial charge in [-0.1, -0.05) is 42.5 Å². The monoisotopic (exact) mass is 383 g/mol. The summed E-state index contributed by atoms with van der Waals surface area (Å²) in [7, 11) is 1.68. The van der Waals surface area contributed by atoms with E-state index in [2.05, 4.69) is 61.6 Å². The van der Waals surface area contributed by atoms with Gasteiger partial charge < -0.3 is 19.9 Å².